The first-order valence-electron chi connectivity index (χ1n) is 5.36. The zero-order valence-electron chi connectivity index (χ0n) is 8.96. The zero-order valence-corrected chi connectivity index (χ0v) is 10.6. The molecule has 0 aromatic carbocycles. The minimum atomic E-state index is -0.731. The van der Waals surface area contributed by atoms with E-state index in [2.05, 4.69) is 4.90 Å². The Kier molecular flexibility index (Phi) is 4.26. The molecule has 0 spiro atoms. The van der Waals surface area contributed by atoms with Crippen molar-refractivity contribution >= 4 is 29.1 Å². The second-order valence-corrected chi connectivity index (χ2v) is 5.80. The summed E-state index contributed by atoms with van der Waals surface area (Å²) in [5.41, 5.74) is 0.921. The average Bonchev–Trinajstić information content (AvgIpc) is 2.62. The third-order valence-corrected chi connectivity index (χ3v) is 4.46. The summed E-state index contributed by atoms with van der Waals surface area (Å²) >= 11 is 3.47. The average molecular weight is 257 g/mol. The van der Waals surface area contributed by atoms with Gasteiger partial charge in [0.1, 0.15) is 6.04 Å². The molecular weight excluding hydrogens is 242 g/mol. The van der Waals surface area contributed by atoms with Crippen molar-refractivity contribution in [3.05, 3.63) is 22.4 Å². The maximum Gasteiger partial charge on any atom is 0.325 e. The number of rotatable bonds is 3. The third-order valence-electron chi connectivity index (χ3n) is 2.71. The van der Waals surface area contributed by atoms with Crippen LogP contribution in [0.2, 0.25) is 0 Å². The molecule has 2 heterocycles. The van der Waals surface area contributed by atoms with E-state index in [1.54, 1.807) is 11.3 Å². The predicted molar refractivity (Wildman–Crippen MR) is 68.2 cm³/mol. The Hall–Kier alpha value is -0.520. The van der Waals surface area contributed by atoms with Gasteiger partial charge in [0.05, 0.1) is 0 Å². The van der Waals surface area contributed by atoms with Crippen LogP contribution in [-0.2, 0) is 4.79 Å². The molecule has 1 aromatic heterocycles. The molecule has 1 aliphatic rings. The standard InChI is InChI=1S/C11H15NO2S2/c13-11(14)10(9-2-6-16-8-9)12-3-1-5-15-7-4-12/h2,6,8,10H,1,3-5,7H2,(H,13,14). The Morgan fingerprint density at radius 2 is 2.31 bits per heavy atom. The van der Waals surface area contributed by atoms with Gasteiger partial charge >= 0.3 is 5.97 Å². The van der Waals surface area contributed by atoms with E-state index in [-0.39, 0.29) is 0 Å². The molecule has 1 fully saturated rings. The molecule has 88 valence electrons. The number of thiophene rings is 1. The Morgan fingerprint density at radius 3 is 3.00 bits per heavy atom. The van der Waals surface area contributed by atoms with Gasteiger partial charge in [0.15, 0.2) is 0 Å². The van der Waals surface area contributed by atoms with E-state index in [1.807, 2.05) is 28.6 Å². The monoisotopic (exact) mass is 257 g/mol. The number of carboxylic acids is 1. The quantitative estimate of drug-likeness (QED) is 0.902. The second kappa shape index (κ2) is 5.70. The van der Waals surface area contributed by atoms with Crippen LogP contribution >= 0.6 is 23.1 Å². The lowest BCUT2D eigenvalue weighted by Gasteiger charge is -2.26. The molecule has 1 aromatic rings. The lowest BCUT2D eigenvalue weighted by Crippen LogP contribution is -2.35. The molecule has 2 rings (SSSR count). The normalized spacial score (nSPS) is 20.2. The summed E-state index contributed by atoms with van der Waals surface area (Å²) in [5.74, 6) is 1.45. The van der Waals surface area contributed by atoms with E-state index in [9.17, 15) is 9.90 Å². The number of hydrogen-bond donors (Lipinski definition) is 1. The summed E-state index contributed by atoms with van der Waals surface area (Å²) in [7, 11) is 0. The van der Waals surface area contributed by atoms with E-state index in [0.29, 0.717) is 0 Å². The van der Waals surface area contributed by atoms with Crippen LogP contribution in [0.5, 0.6) is 0 Å². The fourth-order valence-electron chi connectivity index (χ4n) is 1.96. The van der Waals surface area contributed by atoms with Crippen LogP contribution in [0.1, 0.15) is 18.0 Å². The van der Waals surface area contributed by atoms with Gasteiger partial charge < -0.3 is 5.11 Å². The van der Waals surface area contributed by atoms with E-state index in [4.69, 9.17) is 0 Å². The molecule has 5 heteroatoms. The van der Waals surface area contributed by atoms with Crippen LogP contribution in [0.25, 0.3) is 0 Å². The lowest BCUT2D eigenvalue weighted by molar-refractivity contribution is -0.143. The topological polar surface area (TPSA) is 40.5 Å². The molecule has 1 aliphatic heterocycles. The number of carboxylic acid groups (broad SMARTS) is 1. The van der Waals surface area contributed by atoms with Gasteiger partial charge in [-0.3, -0.25) is 9.69 Å². The molecule has 1 atom stereocenters. The minimum absolute atomic E-state index is 0.454. The molecule has 1 saturated heterocycles. The van der Waals surface area contributed by atoms with Crippen LogP contribution in [0.3, 0.4) is 0 Å². The van der Waals surface area contributed by atoms with Crippen LogP contribution in [0, 0.1) is 0 Å². The first kappa shape index (κ1) is 12.0. The van der Waals surface area contributed by atoms with Gasteiger partial charge in [-0.15, -0.1) is 0 Å². The Balaban J connectivity index is 2.15. The van der Waals surface area contributed by atoms with E-state index < -0.39 is 12.0 Å². The zero-order chi connectivity index (χ0) is 11.4. The second-order valence-electron chi connectivity index (χ2n) is 3.80. The third kappa shape index (κ3) is 2.78. The van der Waals surface area contributed by atoms with Gasteiger partial charge in [-0.05, 0) is 34.6 Å². The Morgan fingerprint density at radius 1 is 1.44 bits per heavy atom. The van der Waals surface area contributed by atoms with Crippen LogP contribution < -0.4 is 0 Å². The number of nitrogens with zero attached hydrogens (tertiary/aromatic N) is 1. The summed E-state index contributed by atoms with van der Waals surface area (Å²) in [6.07, 6.45) is 1.08. The number of thioether (sulfide) groups is 1. The smallest absolute Gasteiger partial charge is 0.325 e. The summed E-state index contributed by atoms with van der Waals surface area (Å²) in [5, 5.41) is 13.2. The summed E-state index contributed by atoms with van der Waals surface area (Å²) < 4.78 is 0. The molecule has 0 bridgehead atoms. The lowest BCUT2D eigenvalue weighted by atomic mass is 10.1. The fraction of sp³-hybridized carbons (Fsp3) is 0.545. The van der Waals surface area contributed by atoms with Crippen LogP contribution in [0.4, 0.5) is 0 Å². The van der Waals surface area contributed by atoms with Crippen molar-refractivity contribution in [1.29, 1.82) is 0 Å². The Bertz CT molecular complexity index is 332. The SMILES string of the molecule is O=C(O)C(c1ccsc1)N1CCCSCC1. The van der Waals surface area contributed by atoms with Gasteiger partial charge in [0.25, 0.3) is 0 Å². The summed E-state index contributed by atoms with van der Waals surface area (Å²) in [4.78, 5) is 13.5. The van der Waals surface area contributed by atoms with Crippen LogP contribution in [-0.4, -0.2) is 40.6 Å². The van der Waals surface area contributed by atoms with Gasteiger partial charge in [0, 0.05) is 18.8 Å². The number of carbonyl (C=O) groups is 1. The largest absolute Gasteiger partial charge is 0.480 e. The maximum atomic E-state index is 11.4. The van der Waals surface area contributed by atoms with Crippen LogP contribution in [0.15, 0.2) is 16.8 Å². The van der Waals surface area contributed by atoms with Crippen molar-refractivity contribution < 1.29 is 9.90 Å². The molecule has 0 saturated carbocycles. The Labute approximate surface area is 103 Å². The highest BCUT2D eigenvalue weighted by Gasteiger charge is 2.27. The first-order valence-corrected chi connectivity index (χ1v) is 7.45. The first-order chi connectivity index (χ1) is 7.79. The molecule has 1 unspecified atom stereocenters. The van der Waals surface area contributed by atoms with Gasteiger partial charge in [-0.25, -0.2) is 0 Å². The van der Waals surface area contributed by atoms with Crippen molar-refractivity contribution in [1.82, 2.24) is 4.90 Å². The van der Waals surface area contributed by atoms with Crippen molar-refractivity contribution in [3.63, 3.8) is 0 Å². The van der Waals surface area contributed by atoms with E-state index >= 15 is 0 Å². The van der Waals surface area contributed by atoms with Crippen molar-refractivity contribution in [2.24, 2.45) is 0 Å². The molecule has 0 aliphatic carbocycles. The minimum Gasteiger partial charge on any atom is -0.480 e. The molecule has 1 N–H and O–H groups in total. The molecule has 3 nitrogen and oxygen atoms in total. The predicted octanol–water partition coefficient (Wildman–Crippen LogP) is 2.31. The number of hydrogen-bond acceptors (Lipinski definition) is 4. The molecule has 0 amide bonds. The maximum absolute atomic E-state index is 11.4. The highest BCUT2D eigenvalue weighted by Crippen LogP contribution is 2.25. The van der Waals surface area contributed by atoms with Gasteiger partial charge in [-0.2, -0.15) is 23.1 Å². The van der Waals surface area contributed by atoms with Crippen molar-refractivity contribution in [2.45, 2.75) is 12.5 Å². The van der Waals surface area contributed by atoms with Gasteiger partial charge in [0.2, 0.25) is 0 Å². The molecule has 16 heavy (non-hydrogen) atoms. The van der Waals surface area contributed by atoms with E-state index in [0.717, 1.165) is 36.6 Å². The van der Waals surface area contributed by atoms with E-state index in [1.165, 1.54) is 0 Å². The molecule has 0 radical (unpaired) electrons. The van der Waals surface area contributed by atoms with Crippen molar-refractivity contribution in [2.75, 3.05) is 24.6 Å². The summed E-state index contributed by atoms with van der Waals surface area (Å²) in [6, 6.07) is 1.46. The van der Waals surface area contributed by atoms with Crippen molar-refractivity contribution in [3.8, 4) is 0 Å². The highest BCUT2D eigenvalue weighted by molar-refractivity contribution is 7.99. The van der Waals surface area contributed by atoms with Gasteiger partial charge in [-0.1, -0.05) is 0 Å². The molecular formula is C11H15NO2S2. The fourth-order valence-corrected chi connectivity index (χ4v) is 3.54. The number of aliphatic carboxylic acids is 1. The highest BCUT2D eigenvalue weighted by atomic mass is 32.2. The summed E-state index contributed by atoms with van der Waals surface area (Å²) in [6.45, 7) is 1.76.